The molecule has 0 aliphatic carbocycles. The Balaban J connectivity index is 3.12. The number of allylic oxidation sites excluding steroid dienone is 2. The number of hydrogen-bond donors (Lipinski definition) is 22. The molecule has 41 heteroatoms. The normalized spacial score (nSPS) is 15.8. The predicted molar refractivity (Wildman–Crippen MR) is 446 cm³/mol. The predicted octanol–water partition coefficient (Wildman–Crippen LogP) is -3.62. The molecule has 0 unspecified atom stereocenters. The van der Waals surface area contributed by atoms with E-state index in [9.17, 15) is 72.2 Å². The van der Waals surface area contributed by atoms with E-state index in [2.05, 4.69) is 103 Å². The molecule has 0 aliphatic heterocycles. The maximum atomic E-state index is 15.6. The maximum Gasteiger partial charge on any atom is 0.305 e. The maximum absolute atomic E-state index is 15.6. The minimum atomic E-state index is -2.25. The summed E-state index contributed by atoms with van der Waals surface area (Å²) >= 11 is 0. The van der Waals surface area contributed by atoms with Gasteiger partial charge < -0.3 is 115 Å². The van der Waals surface area contributed by atoms with Gasteiger partial charge in [0.15, 0.2) is 37.0 Å². The van der Waals surface area contributed by atoms with Crippen LogP contribution in [0.1, 0.15) is 183 Å². The zero-order valence-corrected chi connectivity index (χ0v) is 70.6. The lowest BCUT2D eigenvalue weighted by atomic mass is 9.92. The van der Waals surface area contributed by atoms with Crippen molar-refractivity contribution in [2.45, 2.75) is 280 Å². The van der Waals surface area contributed by atoms with E-state index in [1.807, 2.05) is 0 Å². The lowest BCUT2D eigenvalue weighted by Crippen LogP contribution is -2.70. The Morgan fingerprint density at radius 1 is 0.455 bits per heavy atom. The van der Waals surface area contributed by atoms with Gasteiger partial charge in [-0.25, -0.2) is 0 Å². The van der Waals surface area contributed by atoms with Gasteiger partial charge in [-0.15, -0.1) is 13.2 Å². The molecule has 0 fully saturated rings. The average molecular weight is 1710 g/mol. The Morgan fingerprint density at radius 3 is 1.31 bits per heavy atom. The van der Waals surface area contributed by atoms with E-state index in [1.165, 1.54) is 20.0 Å². The van der Waals surface area contributed by atoms with Gasteiger partial charge in [0.05, 0.1) is 48.2 Å². The number of carbonyl (C=O) groups is 19. The van der Waals surface area contributed by atoms with Gasteiger partial charge in [-0.2, -0.15) is 0 Å². The third-order valence-corrected chi connectivity index (χ3v) is 19.4. The van der Waals surface area contributed by atoms with Crippen molar-refractivity contribution in [3.63, 3.8) is 0 Å². The van der Waals surface area contributed by atoms with Crippen molar-refractivity contribution in [2.24, 2.45) is 40.7 Å². The molecule has 0 radical (unpaired) electrons. The number of carbonyl (C=O) groups excluding carboxylic acids is 18. The van der Waals surface area contributed by atoms with E-state index in [4.69, 9.17) is 22.9 Å². The highest BCUT2D eigenvalue weighted by Gasteiger charge is 2.43. The molecular weight excluding hydrogens is 1580 g/mol. The highest BCUT2D eigenvalue weighted by atomic mass is 16.4. The van der Waals surface area contributed by atoms with Crippen LogP contribution in [0.15, 0.2) is 55.8 Å². The second kappa shape index (κ2) is 55.8. The lowest BCUT2D eigenvalue weighted by molar-refractivity contribution is -0.141. The highest BCUT2D eigenvalue weighted by molar-refractivity contribution is 6.00. The summed E-state index contributed by atoms with van der Waals surface area (Å²) in [7, 11) is 1.50. The van der Waals surface area contributed by atoms with Crippen LogP contribution in [-0.4, -0.2) is 235 Å². The number of unbranched alkanes of at least 4 members (excludes halogenated alkanes) is 6. The zero-order valence-electron chi connectivity index (χ0n) is 70.6. The van der Waals surface area contributed by atoms with Gasteiger partial charge in [0.2, 0.25) is 35.4 Å². The van der Waals surface area contributed by atoms with Crippen molar-refractivity contribution in [1.29, 1.82) is 0 Å². The van der Waals surface area contributed by atoms with Crippen LogP contribution in [0.2, 0.25) is 0 Å². The number of likely N-dealkylation sites (N-methyl/N-ethyl adjacent to an activating group) is 1. The number of amides is 12. The Bertz CT molecular complexity index is 3810. The number of rotatable bonds is 68. The summed E-state index contributed by atoms with van der Waals surface area (Å²) in [5.74, 6) is -17.0. The summed E-state index contributed by atoms with van der Waals surface area (Å²) in [6.45, 7) is 20.6. The second-order valence-corrected chi connectivity index (χ2v) is 31.4. The van der Waals surface area contributed by atoms with E-state index in [-0.39, 0.29) is 94.8 Å². The van der Waals surface area contributed by atoms with Crippen LogP contribution in [-0.2, 0) is 97.5 Å². The molecule has 2 rings (SSSR count). The number of para-hydroxylation sites is 1. The van der Waals surface area contributed by atoms with E-state index >= 15 is 24.0 Å². The fraction of sp³-hybridized carbons (Fsp3) is 0.613. The van der Waals surface area contributed by atoms with Crippen LogP contribution in [0.3, 0.4) is 0 Å². The summed E-state index contributed by atoms with van der Waals surface area (Å²) in [5.41, 5.74) is 19.7. The van der Waals surface area contributed by atoms with E-state index in [0.29, 0.717) is 67.2 Å². The molecule has 16 atom stereocenters. The Labute approximate surface area is 704 Å². The summed E-state index contributed by atoms with van der Waals surface area (Å²) in [6.07, 6.45) is -4.64. The molecule has 26 N–H and O–H groups in total. The van der Waals surface area contributed by atoms with E-state index in [1.54, 1.807) is 85.0 Å². The van der Waals surface area contributed by atoms with Crippen molar-refractivity contribution in [1.82, 2.24) is 90.1 Å². The molecule has 121 heavy (non-hydrogen) atoms. The fourth-order valence-corrected chi connectivity index (χ4v) is 12.8. The van der Waals surface area contributed by atoms with Crippen molar-refractivity contribution >= 4 is 125 Å². The standard InChI is InChI=1S/C80H129N21O20/c1-12-14-16-17-18-23-30-79(9,85-11)77(120)100-68(92-55(45-107)37-61(83)109)75(118)98-65(88-51(41-103)33-46(3)4)72(115)97-67(91-54(44-106)36-49-39-86-57-27-20-19-26-56(49)57)73(116)95-64(87-50(40-102)25-21-24-32-81)71(114)96-66(89-52(42-104)34-47(5)6)74(117)99-69(90-53(43-105)35-48(7)8)76(119)101-80(10,31-22-15-13-2)78(121)94-58(28-29-60(82)108)70(113)93-59(63(84)112)38-62(110)111/h12-13,19-20,26-27,39-48,50-55,58-59,64-69,85-92H,1-2,14-18,21-25,28-38,81H2,3-11H3,(H2,82,108)(H2,83,109)(H2,84,112)(H,93,113)(H,94,121)(H,95,116)(H,96,114)(H,97,115)(H,98,118)(H,99,117)(H,100,120)(H,101,119)(H,110,111)/t50-,51-,52-,53-,54-,55-,58-,59-,64+,65+,66+,67+,68+,69+,79+,80-/m0/s1. The first-order chi connectivity index (χ1) is 57.2. The molecule has 0 spiro atoms. The molecule has 0 aliphatic rings. The number of benzene rings is 1. The topological polar surface area (TPSA) is 657 Å². The Kier molecular flexibility index (Phi) is 48.9. The average Bonchev–Trinajstić information content (AvgIpc) is 1.80. The summed E-state index contributed by atoms with van der Waals surface area (Å²) in [4.78, 5) is 264. The monoisotopic (exact) mass is 1700 g/mol. The van der Waals surface area contributed by atoms with Gasteiger partial charge in [0, 0.05) is 29.9 Å². The van der Waals surface area contributed by atoms with Crippen molar-refractivity contribution in [2.75, 3.05) is 13.6 Å². The van der Waals surface area contributed by atoms with Gasteiger partial charge in [0.1, 0.15) is 55.3 Å². The summed E-state index contributed by atoms with van der Waals surface area (Å²) in [5, 5.41) is 51.2. The number of hydrogen-bond acceptors (Lipinski definition) is 27. The molecule has 674 valence electrons. The highest BCUT2D eigenvalue weighted by Crippen LogP contribution is 2.22. The largest absolute Gasteiger partial charge is 0.481 e. The van der Waals surface area contributed by atoms with Crippen LogP contribution in [0.4, 0.5) is 0 Å². The SMILES string of the molecule is C=CCCCCCC[C@@](C)(NC)C(=O)N[C@@H](N[C@H](C=O)CC(N)=O)C(=O)N[C@@H](N[C@H](C=O)CC(C)C)C(=O)N[C@@H](N[C@H](C=O)Cc1c[nH]c2ccccc12)C(=O)N[C@@H](N[C@H](C=O)CCCCN)C(=O)N[C@@H](N[C@H](C=O)CC(C)C)C(=O)N[C@@H](N[C@H](C=O)CC(C)C)C(=O)N[C@@](C)(CCCC=C)C(=O)N[C@@H](CCC(N)=O)C(=O)N[C@@H](CC(=O)O)C(N)=O. The van der Waals surface area contributed by atoms with E-state index < -0.39 is 199 Å². The van der Waals surface area contributed by atoms with Crippen molar-refractivity contribution in [3.8, 4) is 0 Å². The van der Waals surface area contributed by atoms with Crippen LogP contribution >= 0.6 is 0 Å². The molecule has 2 aromatic rings. The molecule has 12 amide bonds. The minimum Gasteiger partial charge on any atom is -0.481 e. The molecule has 0 saturated carbocycles. The fourth-order valence-electron chi connectivity index (χ4n) is 12.8. The number of aldehydes is 6. The number of primary amides is 3. The number of carboxylic acid groups (broad SMARTS) is 1. The van der Waals surface area contributed by atoms with Crippen LogP contribution < -0.4 is 108 Å². The number of fused-ring (bicyclic) bond motifs is 1. The zero-order chi connectivity index (χ0) is 91.1. The number of aromatic amines is 1. The number of aromatic nitrogens is 1. The third kappa shape index (κ3) is 39.4. The smallest absolute Gasteiger partial charge is 0.305 e. The van der Waals surface area contributed by atoms with Crippen LogP contribution in [0.25, 0.3) is 10.9 Å². The van der Waals surface area contributed by atoms with Gasteiger partial charge in [-0.05, 0) is 140 Å². The molecule has 0 bridgehead atoms. The van der Waals surface area contributed by atoms with Crippen LogP contribution in [0, 0.1) is 17.8 Å². The Morgan fingerprint density at radius 2 is 0.876 bits per heavy atom. The number of nitrogens with one attached hydrogen (secondary N) is 17. The number of aliphatic carboxylic acids is 1. The molecule has 0 saturated heterocycles. The molecular formula is C80H129N21O20. The minimum absolute atomic E-state index is 0.00322. The first kappa shape index (κ1) is 106. The molecule has 1 heterocycles. The Hall–Kier alpha value is -10.9. The quantitative estimate of drug-likeness (QED) is 0.0132. The molecule has 41 nitrogen and oxygen atoms in total. The second-order valence-electron chi connectivity index (χ2n) is 31.4. The first-order valence-corrected chi connectivity index (χ1v) is 40.5. The first-order valence-electron chi connectivity index (χ1n) is 40.5. The van der Waals surface area contributed by atoms with E-state index in [0.717, 1.165) is 19.3 Å². The third-order valence-electron chi connectivity index (χ3n) is 19.4. The number of carboxylic acids is 1. The van der Waals surface area contributed by atoms with Gasteiger partial charge in [-0.3, -0.25) is 94.2 Å². The van der Waals surface area contributed by atoms with Gasteiger partial charge >= 0.3 is 5.97 Å². The lowest BCUT2D eigenvalue weighted by Gasteiger charge is -2.34. The molecule has 1 aromatic carbocycles. The van der Waals surface area contributed by atoms with Crippen molar-refractivity contribution in [3.05, 3.63) is 61.3 Å². The van der Waals surface area contributed by atoms with Crippen LogP contribution in [0.5, 0.6) is 0 Å². The summed E-state index contributed by atoms with van der Waals surface area (Å²) < 4.78 is 0. The molecule has 1 aromatic heterocycles. The number of H-pyrrole nitrogens is 1. The van der Waals surface area contributed by atoms with Gasteiger partial charge in [0.25, 0.3) is 35.4 Å². The number of nitrogens with two attached hydrogens (primary N) is 4. The van der Waals surface area contributed by atoms with Crippen molar-refractivity contribution < 1.29 is 96.2 Å². The van der Waals surface area contributed by atoms with Gasteiger partial charge in [-0.1, -0.05) is 97.6 Å². The summed E-state index contributed by atoms with van der Waals surface area (Å²) in [6, 6.07) is -4.97.